The van der Waals surface area contributed by atoms with Crippen LogP contribution < -0.4 is 11.2 Å². The van der Waals surface area contributed by atoms with Crippen LogP contribution in [-0.4, -0.2) is 53.7 Å². The first-order valence-electron chi connectivity index (χ1n) is 8.20. The van der Waals surface area contributed by atoms with Crippen molar-refractivity contribution in [2.24, 2.45) is 0 Å². The number of aromatic amines is 1. The van der Waals surface area contributed by atoms with Gasteiger partial charge in [0.1, 0.15) is 6.10 Å². The van der Waals surface area contributed by atoms with Crippen molar-refractivity contribution in [3.05, 3.63) is 44.1 Å². The van der Waals surface area contributed by atoms with E-state index in [9.17, 15) is 19.8 Å². The molecule has 9 heteroatoms. The average Bonchev–Trinajstić information content (AvgIpc) is 2.59. The topological polar surface area (TPSA) is 141 Å². The Hall–Kier alpha value is -2.62. The van der Waals surface area contributed by atoms with Gasteiger partial charge < -0.3 is 19.9 Å². The summed E-state index contributed by atoms with van der Waals surface area (Å²) in [5.74, 6) is 0.111. The van der Waals surface area contributed by atoms with Gasteiger partial charge in [-0.1, -0.05) is 0 Å². The molecular formula is C17H20N4O5. The van der Waals surface area contributed by atoms with Gasteiger partial charge >= 0.3 is 5.69 Å². The number of benzene rings is 1. The predicted octanol–water partition coefficient (Wildman–Crippen LogP) is -0.694. The van der Waals surface area contributed by atoms with E-state index in [1.807, 2.05) is 26.0 Å². The summed E-state index contributed by atoms with van der Waals surface area (Å²) in [6.07, 6.45) is -2.34. The van der Waals surface area contributed by atoms with Gasteiger partial charge in [-0.25, -0.2) is 9.78 Å². The number of aliphatic hydroxyl groups is 3. The van der Waals surface area contributed by atoms with E-state index < -0.39 is 30.1 Å². The number of fused-ring (bicyclic) bond motifs is 2. The van der Waals surface area contributed by atoms with Crippen molar-refractivity contribution in [3.63, 3.8) is 0 Å². The van der Waals surface area contributed by atoms with Crippen molar-refractivity contribution < 1.29 is 15.3 Å². The number of H-pyrrole nitrogens is 1. The smallest absolute Gasteiger partial charge is 0.349 e. The Balaban J connectivity index is 2.23. The Morgan fingerprint density at radius 3 is 2.50 bits per heavy atom. The number of aromatic nitrogens is 4. The summed E-state index contributed by atoms with van der Waals surface area (Å²) >= 11 is 0. The highest BCUT2D eigenvalue weighted by Crippen LogP contribution is 2.24. The van der Waals surface area contributed by atoms with Gasteiger partial charge in [0, 0.05) is 6.54 Å². The number of nitrogens with zero attached hydrogens (tertiary/aromatic N) is 3. The molecule has 1 aromatic carbocycles. The van der Waals surface area contributed by atoms with Crippen LogP contribution in [0.4, 0.5) is 0 Å². The fraction of sp³-hybridized carbons (Fsp3) is 0.412. The molecule has 4 N–H and O–H groups in total. The number of nitrogens with one attached hydrogen (secondary N) is 1. The molecule has 3 rings (SSSR count). The van der Waals surface area contributed by atoms with Crippen LogP contribution in [0.3, 0.4) is 0 Å². The molecule has 0 saturated carbocycles. The minimum absolute atomic E-state index is 0.0255. The number of aryl methyl sites for hydroxylation is 3. The molecule has 138 valence electrons. The van der Waals surface area contributed by atoms with Crippen molar-refractivity contribution >= 4 is 11.0 Å². The van der Waals surface area contributed by atoms with E-state index in [4.69, 9.17) is 5.11 Å². The maximum atomic E-state index is 12.1. The van der Waals surface area contributed by atoms with Crippen LogP contribution in [0, 0.1) is 13.8 Å². The summed E-state index contributed by atoms with van der Waals surface area (Å²) in [4.78, 5) is 34.1. The van der Waals surface area contributed by atoms with Crippen molar-refractivity contribution in [2.75, 3.05) is 6.61 Å². The molecular weight excluding hydrogens is 340 g/mol. The largest absolute Gasteiger partial charge is 0.394 e. The third-order valence-corrected chi connectivity index (χ3v) is 4.50. The van der Waals surface area contributed by atoms with E-state index in [0.717, 1.165) is 11.1 Å². The molecule has 0 saturated heterocycles. The van der Waals surface area contributed by atoms with E-state index in [0.29, 0.717) is 11.0 Å². The number of hydrogen-bond acceptors (Lipinski definition) is 7. The minimum Gasteiger partial charge on any atom is -0.394 e. The fourth-order valence-corrected chi connectivity index (χ4v) is 2.85. The molecule has 9 nitrogen and oxygen atoms in total. The third-order valence-electron chi connectivity index (χ3n) is 4.50. The van der Waals surface area contributed by atoms with Crippen LogP contribution >= 0.6 is 0 Å². The van der Waals surface area contributed by atoms with E-state index in [2.05, 4.69) is 15.0 Å². The van der Waals surface area contributed by atoms with Crippen LogP contribution in [0.5, 0.6) is 0 Å². The molecule has 26 heavy (non-hydrogen) atoms. The van der Waals surface area contributed by atoms with Gasteiger partial charge in [-0.3, -0.25) is 9.78 Å². The van der Waals surface area contributed by atoms with Crippen LogP contribution in [0.1, 0.15) is 17.5 Å². The van der Waals surface area contributed by atoms with Gasteiger partial charge in [0.25, 0.3) is 5.56 Å². The van der Waals surface area contributed by atoms with Gasteiger partial charge in [-0.05, 0) is 43.5 Å². The van der Waals surface area contributed by atoms with E-state index in [1.165, 1.54) is 0 Å². The van der Waals surface area contributed by atoms with Crippen LogP contribution in [0.15, 0.2) is 21.7 Å². The Morgan fingerprint density at radius 2 is 1.81 bits per heavy atom. The first kappa shape index (κ1) is 18.2. The van der Waals surface area contributed by atoms with E-state index in [1.54, 1.807) is 4.57 Å². The van der Waals surface area contributed by atoms with Crippen LogP contribution in [0.2, 0.25) is 0 Å². The monoisotopic (exact) mass is 360 g/mol. The van der Waals surface area contributed by atoms with Gasteiger partial charge in [0.15, 0.2) is 11.5 Å². The van der Waals surface area contributed by atoms with E-state index >= 15 is 0 Å². The van der Waals surface area contributed by atoms with Crippen LogP contribution in [-0.2, 0) is 6.54 Å². The van der Waals surface area contributed by atoms with Crippen molar-refractivity contribution in [3.8, 4) is 11.5 Å². The predicted molar refractivity (Wildman–Crippen MR) is 94.2 cm³/mol. The highest BCUT2D eigenvalue weighted by Gasteiger charge is 2.21. The second-order valence-corrected chi connectivity index (χ2v) is 6.34. The molecule has 0 amide bonds. The van der Waals surface area contributed by atoms with Gasteiger partial charge in [-0.15, -0.1) is 0 Å². The fourth-order valence-electron chi connectivity index (χ4n) is 2.85. The SMILES string of the molecule is Cc1cc2nc3c(=O)[nH]c(=O)nc-3n(CCC(O)C(O)CO)c2cc1C. The zero-order valence-corrected chi connectivity index (χ0v) is 14.4. The first-order chi connectivity index (χ1) is 12.3. The van der Waals surface area contributed by atoms with Crippen molar-refractivity contribution in [1.82, 2.24) is 19.5 Å². The molecule has 2 aliphatic heterocycles. The average molecular weight is 360 g/mol. The van der Waals surface area contributed by atoms with E-state index in [-0.39, 0.29) is 24.5 Å². The normalized spacial score (nSPS) is 14.0. The summed E-state index contributed by atoms with van der Waals surface area (Å²) in [7, 11) is 0. The summed E-state index contributed by atoms with van der Waals surface area (Å²) < 4.78 is 1.63. The lowest BCUT2D eigenvalue weighted by molar-refractivity contribution is -0.0191. The Morgan fingerprint density at radius 1 is 1.12 bits per heavy atom. The lowest BCUT2D eigenvalue weighted by Gasteiger charge is -2.20. The lowest BCUT2D eigenvalue weighted by Crippen LogP contribution is -2.32. The Kier molecular flexibility index (Phi) is 4.86. The molecule has 0 radical (unpaired) electrons. The van der Waals surface area contributed by atoms with Crippen molar-refractivity contribution in [1.29, 1.82) is 0 Å². The quantitative estimate of drug-likeness (QED) is 0.441. The summed E-state index contributed by atoms with van der Waals surface area (Å²) in [5, 5.41) is 28.5. The molecule has 0 aliphatic carbocycles. The number of rotatable bonds is 5. The Labute approximate surface area is 147 Å². The zero-order valence-electron chi connectivity index (χ0n) is 14.4. The summed E-state index contributed by atoms with van der Waals surface area (Å²) in [6, 6.07) is 3.71. The minimum atomic E-state index is -1.27. The van der Waals surface area contributed by atoms with Gasteiger partial charge in [0.2, 0.25) is 0 Å². The second kappa shape index (κ2) is 6.94. The third kappa shape index (κ3) is 3.24. The Bertz CT molecular complexity index is 1040. The number of aliphatic hydroxyl groups excluding tert-OH is 3. The maximum Gasteiger partial charge on any atom is 0.349 e. The summed E-state index contributed by atoms with van der Waals surface area (Å²) in [6.45, 7) is 3.46. The highest BCUT2D eigenvalue weighted by atomic mass is 16.4. The molecule has 0 aromatic heterocycles. The number of hydrogen-bond donors (Lipinski definition) is 4. The molecule has 1 aromatic rings. The molecule has 2 unspecified atom stereocenters. The lowest BCUT2D eigenvalue weighted by atomic mass is 10.1. The second-order valence-electron chi connectivity index (χ2n) is 6.34. The molecule has 2 heterocycles. The van der Waals surface area contributed by atoms with Crippen LogP contribution in [0.25, 0.3) is 22.6 Å². The molecule has 0 spiro atoms. The standard InChI is InChI=1S/C17H20N4O5/c1-8-5-10-11(6-9(8)2)21(4-3-12(23)13(24)7-22)15-14(18-10)16(25)20-17(26)19-15/h5-6,12-13,22-24H,3-4,7H2,1-2H3,(H,20,25,26). The van der Waals surface area contributed by atoms with Crippen molar-refractivity contribution in [2.45, 2.75) is 39.0 Å². The molecule has 2 atom stereocenters. The van der Waals surface area contributed by atoms with Gasteiger partial charge in [-0.2, -0.15) is 4.98 Å². The molecule has 0 fully saturated rings. The molecule has 2 aliphatic rings. The zero-order chi connectivity index (χ0) is 19.0. The highest BCUT2D eigenvalue weighted by molar-refractivity contribution is 5.81. The molecule has 0 bridgehead atoms. The van der Waals surface area contributed by atoms with Gasteiger partial charge in [0.05, 0.1) is 23.7 Å². The summed E-state index contributed by atoms with van der Waals surface area (Å²) in [5.41, 5.74) is 1.82. The first-order valence-corrected chi connectivity index (χ1v) is 8.20. The maximum absolute atomic E-state index is 12.1.